The van der Waals surface area contributed by atoms with E-state index in [9.17, 15) is 14.0 Å². The summed E-state index contributed by atoms with van der Waals surface area (Å²) in [5.74, 6) is 0.624. The van der Waals surface area contributed by atoms with Crippen molar-refractivity contribution in [1.29, 1.82) is 0 Å². The minimum absolute atomic E-state index is 0.00584. The predicted octanol–water partition coefficient (Wildman–Crippen LogP) is 5.42. The number of hydrogen-bond donors (Lipinski definition) is 3. The lowest BCUT2D eigenvalue weighted by Crippen LogP contribution is -2.20. The standard InChI is InChI=1S/C26H22FN5O3/c1-16-2-7-21(27)22(12-16)31-26(34)30-18-3-5-19(6-4-18)35-20-8-9-28-24(14-20)23-13-17(15-29-23)25(33)32-10-11-32/h2-9,12-15,29H,10-11H2,1H3,(H2,30,31,34). The number of benzene rings is 2. The van der Waals surface area contributed by atoms with Gasteiger partial charge >= 0.3 is 6.03 Å². The molecule has 1 fully saturated rings. The molecule has 3 amide bonds. The molecule has 0 atom stereocenters. The molecule has 3 N–H and O–H groups in total. The molecule has 9 heteroatoms. The quantitative estimate of drug-likeness (QED) is 0.327. The van der Waals surface area contributed by atoms with Crippen LogP contribution in [0.25, 0.3) is 11.4 Å². The normalized spacial score (nSPS) is 12.2. The third-order valence-electron chi connectivity index (χ3n) is 5.39. The van der Waals surface area contributed by atoms with E-state index < -0.39 is 11.8 Å². The van der Waals surface area contributed by atoms with E-state index in [0.717, 1.165) is 24.3 Å². The molecule has 0 aliphatic carbocycles. The van der Waals surface area contributed by atoms with Crippen molar-refractivity contribution in [2.75, 3.05) is 23.7 Å². The molecule has 3 heterocycles. The summed E-state index contributed by atoms with van der Waals surface area (Å²) < 4.78 is 19.8. The number of anilines is 2. The summed E-state index contributed by atoms with van der Waals surface area (Å²) in [5, 5.41) is 5.17. The van der Waals surface area contributed by atoms with Gasteiger partial charge in [0.1, 0.15) is 17.3 Å². The number of aromatic nitrogens is 2. The van der Waals surface area contributed by atoms with Crippen LogP contribution in [0.2, 0.25) is 0 Å². The van der Waals surface area contributed by atoms with Gasteiger partial charge in [-0.25, -0.2) is 9.18 Å². The van der Waals surface area contributed by atoms with Crippen LogP contribution >= 0.6 is 0 Å². The van der Waals surface area contributed by atoms with Gasteiger partial charge in [0.15, 0.2) is 0 Å². The molecule has 1 saturated heterocycles. The molecule has 0 spiro atoms. The first-order chi connectivity index (χ1) is 16.9. The number of aromatic amines is 1. The topological polar surface area (TPSA) is 99.1 Å². The molecule has 5 rings (SSSR count). The first-order valence-corrected chi connectivity index (χ1v) is 11.0. The zero-order valence-electron chi connectivity index (χ0n) is 18.8. The van der Waals surface area contributed by atoms with E-state index in [-0.39, 0.29) is 11.6 Å². The van der Waals surface area contributed by atoms with E-state index in [0.29, 0.717) is 28.4 Å². The number of H-pyrrole nitrogens is 1. The number of rotatable bonds is 6. The van der Waals surface area contributed by atoms with Crippen LogP contribution < -0.4 is 15.4 Å². The molecule has 0 radical (unpaired) electrons. The van der Waals surface area contributed by atoms with Crippen LogP contribution in [0.3, 0.4) is 0 Å². The Balaban J connectivity index is 1.21. The van der Waals surface area contributed by atoms with E-state index in [1.165, 1.54) is 6.07 Å². The molecule has 8 nitrogen and oxygen atoms in total. The summed E-state index contributed by atoms with van der Waals surface area (Å²) in [5.41, 5.74) is 3.43. The van der Waals surface area contributed by atoms with Crippen LogP contribution in [-0.2, 0) is 0 Å². The number of amides is 3. The highest BCUT2D eigenvalue weighted by Gasteiger charge is 2.26. The Morgan fingerprint density at radius 1 is 1.00 bits per heavy atom. The van der Waals surface area contributed by atoms with Gasteiger partial charge in [0, 0.05) is 37.2 Å². The minimum atomic E-state index is -0.552. The molecule has 1 aliphatic rings. The van der Waals surface area contributed by atoms with Gasteiger partial charge in [-0.1, -0.05) is 6.07 Å². The third-order valence-corrected chi connectivity index (χ3v) is 5.39. The van der Waals surface area contributed by atoms with Crippen molar-refractivity contribution in [3.8, 4) is 22.9 Å². The number of carbonyl (C=O) groups is 2. The molecule has 176 valence electrons. The van der Waals surface area contributed by atoms with Gasteiger partial charge in [-0.3, -0.25) is 9.78 Å². The highest BCUT2D eigenvalue weighted by Crippen LogP contribution is 2.27. The maximum absolute atomic E-state index is 13.9. The van der Waals surface area contributed by atoms with Crippen molar-refractivity contribution < 1.29 is 18.7 Å². The van der Waals surface area contributed by atoms with E-state index in [2.05, 4.69) is 20.6 Å². The number of carbonyl (C=O) groups excluding carboxylic acids is 2. The fourth-order valence-electron chi connectivity index (χ4n) is 3.49. The van der Waals surface area contributed by atoms with E-state index in [1.807, 2.05) is 6.92 Å². The van der Waals surface area contributed by atoms with Crippen molar-refractivity contribution >= 4 is 23.3 Å². The second-order valence-electron chi connectivity index (χ2n) is 8.16. The summed E-state index contributed by atoms with van der Waals surface area (Å²) in [6, 6.07) is 16.0. The SMILES string of the molecule is Cc1ccc(F)c(NC(=O)Nc2ccc(Oc3ccnc(-c4cc(C(=O)N5CC5)c[nH]4)c3)cc2)c1. The molecule has 2 aromatic heterocycles. The Morgan fingerprint density at radius 2 is 1.80 bits per heavy atom. The van der Waals surface area contributed by atoms with E-state index in [4.69, 9.17) is 4.74 Å². The molecular formula is C26H22FN5O3. The van der Waals surface area contributed by atoms with Gasteiger partial charge in [-0.2, -0.15) is 0 Å². The highest BCUT2D eigenvalue weighted by molar-refractivity contribution is 6.00. The smallest absolute Gasteiger partial charge is 0.323 e. The lowest BCUT2D eigenvalue weighted by molar-refractivity contribution is 0.0885. The largest absolute Gasteiger partial charge is 0.457 e. The first kappa shape index (κ1) is 22.1. The molecule has 4 aromatic rings. The van der Waals surface area contributed by atoms with E-state index >= 15 is 0 Å². The van der Waals surface area contributed by atoms with Crippen LogP contribution in [0.1, 0.15) is 15.9 Å². The van der Waals surface area contributed by atoms with Crippen molar-refractivity contribution in [3.05, 3.63) is 90.0 Å². The molecule has 2 aromatic carbocycles. The van der Waals surface area contributed by atoms with Crippen molar-refractivity contribution in [3.63, 3.8) is 0 Å². The van der Waals surface area contributed by atoms with Crippen molar-refractivity contribution in [1.82, 2.24) is 14.9 Å². The van der Waals surface area contributed by atoms with Crippen molar-refractivity contribution in [2.24, 2.45) is 0 Å². The molecule has 0 saturated carbocycles. The number of halogens is 1. The lowest BCUT2D eigenvalue weighted by Gasteiger charge is -2.10. The number of ether oxygens (including phenoxy) is 1. The Bertz CT molecular complexity index is 1400. The number of pyridine rings is 1. The monoisotopic (exact) mass is 471 g/mol. The Morgan fingerprint density at radius 3 is 2.57 bits per heavy atom. The van der Waals surface area contributed by atoms with Crippen LogP contribution in [0.4, 0.5) is 20.6 Å². The lowest BCUT2D eigenvalue weighted by atomic mass is 10.2. The Kier molecular flexibility index (Phi) is 5.88. The number of aryl methyl sites for hydroxylation is 1. The number of hydrogen-bond acceptors (Lipinski definition) is 4. The molecule has 1 aliphatic heterocycles. The van der Waals surface area contributed by atoms with Gasteiger partial charge in [-0.05, 0) is 61.0 Å². The fraction of sp³-hybridized carbons (Fsp3) is 0.115. The molecule has 35 heavy (non-hydrogen) atoms. The maximum atomic E-state index is 13.9. The first-order valence-electron chi connectivity index (χ1n) is 11.0. The Hall–Kier alpha value is -4.66. The highest BCUT2D eigenvalue weighted by atomic mass is 19.1. The van der Waals surface area contributed by atoms with Gasteiger partial charge in [0.25, 0.3) is 5.91 Å². The van der Waals surface area contributed by atoms with Gasteiger partial charge in [-0.15, -0.1) is 0 Å². The Labute approximate surface area is 200 Å². The fourth-order valence-corrected chi connectivity index (χ4v) is 3.49. The summed E-state index contributed by atoms with van der Waals surface area (Å²) in [6.07, 6.45) is 3.31. The van der Waals surface area contributed by atoms with Crippen LogP contribution in [0.15, 0.2) is 73.1 Å². The molecule has 0 unspecified atom stereocenters. The minimum Gasteiger partial charge on any atom is -0.457 e. The zero-order valence-corrected chi connectivity index (χ0v) is 18.8. The number of urea groups is 1. The summed E-state index contributed by atoms with van der Waals surface area (Å²) in [7, 11) is 0. The average Bonchev–Trinajstić information content (AvgIpc) is 3.58. The number of nitrogens with zero attached hydrogens (tertiary/aromatic N) is 2. The summed E-state index contributed by atoms with van der Waals surface area (Å²) >= 11 is 0. The van der Waals surface area contributed by atoms with Gasteiger partial charge in [0.05, 0.1) is 22.6 Å². The van der Waals surface area contributed by atoms with Gasteiger partial charge < -0.3 is 25.3 Å². The second kappa shape index (κ2) is 9.30. The van der Waals surface area contributed by atoms with Crippen LogP contribution in [0.5, 0.6) is 11.5 Å². The average molecular weight is 471 g/mol. The second-order valence-corrected chi connectivity index (χ2v) is 8.16. The molecule has 0 bridgehead atoms. The summed E-state index contributed by atoms with van der Waals surface area (Å²) in [6.45, 7) is 3.41. The van der Waals surface area contributed by atoms with Crippen molar-refractivity contribution in [2.45, 2.75) is 6.92 Å². The van der Waals surface area contributed by atoms with E-state index in [1.54, 1.807) is 71.9 Å². The van der Waals surface area contributed by atoms with Gasteiger partial charge in [0.2, 0.25) is 0 Å². The number of nitrogens with one attached hydrogen (secondary N) is 3. The van der Waals surface area contributed by atoms with Crippen LogP contribution in [0, 0.1) is 12.7 Å². The third kappa shape index (κ3) is 5.30. The van der Waals surface area contributed by atoms with Crippen LogP contribution in [-0.4, -0.2) is 39.9 Å². The maximum Gasteiger partial charge on any atom is 0.323 e. The molecular weight excluding hydrogens is 449 g/mol. The zero-order chi connectivity index (χ0) is 24.4. The summed E-state index contributed by atoms with van der Waals surface area (Å²) in [4.78, 5) is 33.6. The predicted molar refractivity (Wildman–Crippen MR) is 130 cm³/mol.